The minimum Gasteiger partial charge on any atom is -1.00 e. The summed E-state index contributed by atoms with van der Waals surface area (Å²) in [6, 6.07) is 72.3. The number of esters is 2. The summed E-state index contributed by atoms with van der Waals surface area (Å²) in [5, 5.41) is 30.3. The molecule has 15 rings (SSSR count). The van der Waals surface area contributed by atoms with Gasteiger partial charge in [-0.2, -0.15) is 26.3 Å². The van der Waals surface area contributed by atoms with Gasteiger partial charge in [-0.05, 0) is 245 Å². The Morgan fingerprint density at radius 3 is 1.28 bits per heavy atom. The van der Waals surface area contributed by atoms with Gasteiger partial charge >= 0.3 is 113 Å². The number of nitrogens with zero attached hydrogens (tertiary/aromatic N) is 2. The molecule has 1 radical (unpaired) electrons. The second-order valence-electron chi connectivity index (χ2n) is 24.9. The van der Waals surface area contributed by atoms with Gasteiger partial charge in [0.15, 0.2) is 16.6 Å². The van der Waals surface area contributed by atoms with Crippen LogP contribution in [0.15, 0.2) is 325 Å². The summed E-state index contributed by atoms with van der Waals surface area (Å²) < 4.78 is 168. The standard InChI is InChI=1S/C14H9BrO3S.C14H9BrOS.C13H7Br2NS.C13H8Br2O2S.C13H6Br2OS.C7H3BrFN.C6H5BrS.C4F6O3.C2H5BF.2C2H6O.CH3F.CH4.F2.K.Na.H2O2.H2O.H/c1-8-2-4-10-13(6-8)19(17,18)12-5-3-9(15)7-11(12)14(10)16;1-8-2-4-10-13(6-8)17-12-5-3-9(15)7-11(12)14(10)16;1-16-12-7-4-10(15)8-13(12)17-11-5-2-9(14)3-6-11;14-9-1-4-11(5-2-9)18-13-7-10(15)3-6-12(13)17-8-16;14-7-2-4-11-10(5-7)13(16)9-3-1-8(15)6-12(9)17-11;1-10-7-3-2-5(8)4-6(7)9;7-5-1-3-6(8)4-2-5;5-3(6,7)1(11)13-2(12)4(8,9)10;1-2-3-4;2*1-2-3;1-2;;1-2;;;1-2;;/h2-7H,1H3;2-7H,1H3;2-8H;1-8H;1-6H;2-4H;1-4,8H;;2H2,1H3;2*3H,2H2,1H3;1H3;1H4;;;;1-2H;1H2;/q;;;;;;;;;;;;;;2*+1;;;-1/p-1/i;;;;;;;;;;;1D;;;;;;;. The van der Waals surface area contributed by atoms with Gasteiger partial charge in [0.2, 0.25) is 21.2 Å². The number of aryl methyl sites for hydroxylation is 2. The van der Waals surface area contributed by atoms with Gasteiger partial charge in [-0.1, -0.05) is 222 Å². The minimum absolute atomic E-state index is 0. The third-order valence-electron chi connectivity index (χ3n) is 15.4. The Labute approximate surface area is 967 Å². The maximum Gasteiger partial charge on any atom is 1.00 e. The van der Waals surface area contributed by atoms with Crippen LogP contribution in [0.5, 0.6) is 5.75 Å². The normalized spacial score (nSPS) is 10.4. The van der Waals surface area contributed by atoms with E-state index in [0.717, 1.165) is 106 Å². The van der Waals surface area contributed by atoms with Crippen LogP contribution in [-0.4, -0.2) is 99.1 Å². The number of aliphatic hydroxyl groups is 2. The van der Waals surface area contributed by atoms with E-state index in [1.807, 2.05) is 177 Å². The summed E-state index contributed by atoms with van der Waals surface area (Å²) in [5.74, 6) is -6.57. The van der Waals surface area contributed by atoms with Crippen molar-refractivity contribution in [2.45, 2.75) is 95.0 Å². The summed E-state index contributed by atoms with van der Waals surface area (Å²) in [7, 11) is -3.99. The number of ether oxygens (including phenoxy) is 2. The number of aliphatic hydroxyl groups excluding tert-OH is 2. The molecule has 0 saturated heterocycles. The third kappa shape index (κ3) is 48.2. The van der Waals surface area contributed by atoms with Crippen LogP contribution in [0.4, 0.5) is 60.0 Å². The molecular formula is C92H75BBr10F11KN2NaO15S6. The first-order valence-electron chi connectivity index (χ1n) is 37.6. The van der Waals surface area contributed by atoms with Gasteiger partial charge in [0.05, 0.1) is 36.4 Å². The molecular weight excluding hydrogens is 2650 g/mol. The summed E-state index contributed by atoms with van der Waals surface area (Å²) in [6.45, 7) is 23.6. The van der Waals surface area contributed by atoms with E-state index >= 15 is 0 Å². The zero-order chi connectivity index (χ0) is 103. The Bertz CT molecular complexity index is 6490. The van der Waals surface area contributed by atoms with Crippen LogP contribution in [-0.2, 0) is 29.0 Å². The number of hydrogen-bond acceptors (Lipinski definition) is 20. The molecule has 3 heterocycles. The summed E-state index contributed by atoms with van der Waals surface area (Å²) in [6.07, 6.45) is -10.7. The fourth-order valence-corrected chi connectivity index (χ4v) is 19.5. The van der Waals surface area contributed by atoms with Crippen molar-refractivity contribution in [2.75, 3.05) is 20.4 Å². The number of hydrogen-bond donors (Lipinski definition) is 5. The van der Waals surface area contributed by atoms with Crippen LogP contribution in [0.1, 0.15) is 58.0 Å². The van der Waals surface area contributed by atoms with Crippen molar-refractivity contribution in [1.29, 1.82) is 0 Å². The Morgan fingerprint density at radius 2 is 0.856 bits per heavy atom. The fraction of sp³-hybridized carbons (Fsp3) is 0.130. The molecule has 47 heteroatoms. The molecule has 2 aromatic heterocycles. The zero-order valence-electron chi connectivity index (χ0n) is 74.1. The van der Waals surface area contributed by atoms with E-state index in [0.29, 0.717) is 40.7 Å². The Kier molecular flexibility index (Phi) is 71.1. The number of benzene rings is 12. The van der Waals surface area contributed by atoms with Gasteiger partial charge in [0, 0.05) is 138 Å². The van der Waals surface area contributed by atoms with E-state index in [4.69, 9.17) is 49.1 Å². The maximum atomic E-state index is 12.6. The Morgan fingerprint density at radius 1 is 0.511 bits per heavy atom. The van der Waals surface area contributed by atoms with Crippen LogP contribution in [0.25, 0.3) is 50.0 Å². The van der Waals surface area contributed by atoms with Crippen molar-refractivity contribution < 1.29 is 196 Å². The van der Waals surface area contributed by atoms with Crippen molar-refractivity contribution in [1.82, 2.24) is 0 Å². The quantitative estimate of drug-likeness (QED) is 0.00947. The number of rotatable bonds is 7. The molecule has 0 saturated carbocycles. The monoisotopic (exact) mass is 2710 g/mol. The van der Waals surface area contributed by atoms with E-state index in [1.165, 1.54) is 23.8 Å². The molecule has 5 N–H and O–H groups in total. The Hall–Kier alpha value is -4.79. The fourth-order valence-electron chi connectivity index (χ4n) is 9.80. The van der Waals surface area contributed by atoms with Crippen molar-refractivity contribution >= 4 is 311 Å². The molecule has 17 nitrogen and oxygen atoms in total. The van der Waals surface area contributed by atoms with Gasteiger partial charge in [-0.15, -0.1) is 47.1 Å². The maximum absolute atomic E-state index is 12.6. The first kappa shape index (κ1) is 136. The molecule has 731 valence electrons. The van der Waals surface area contributed by atoms with Gasteiger partial charge in [-0.3, -0.25) is 34.1 Å². The molecule has 1 aliphatic rings. The Balaban J connectivity index is -0.000000745. The molecule has 0 amide bonds. The smallest absolute Gasteiger partial charge is 1.00 e. The molecule has 0 fully saturated rings. The van der Waals surface area contributed by atoms with Crippen LogP contribution < -0.4 is 96.5 Å². The van der Waals surface area contributed by atoms with Crippen LogP contribution in [0, 0.1) is 32.8 Å². The average Bonchev–Trinajstić information content (AvgIpc) is 0.732. The van der Waals surface area contributed by atoms with E-state index < -0.39 is 47.1 Å². The number of fused-ring (bicyclic) bond motifs is 6. The SMILES string of the molecule is C.CCO.CCO.CC[B]F.Cc1ccc2c(=O)c3cc(Br)ccc3sc2c1.Cc1ccc2c(c1)S(=O)(=O)c1ccc(Br)cc1C2=O.FF.O=C(OC(=O)C(F)(F)F)C(F)(F)F.O=COc1ccc(Br)cc1Sc1ccc(Br)cc1.O=c1c2ccc(Br)cc2sc2ccc(Br)cc12.OO.Sc1ccc(Br)cc1.[2H]CF.[C-]#[N+]c1ccc(Br)cc1F.[C-]#[N+]c1ccc(Br)cc1Sc1ccc(Br)cc1.[H-].[K+].[Na+].[OH-]. The summed E-state index contributed by atoms with van der Waals surface area (Å²) >= 11 is 44.1. The molecule has 139 heavy (non-hydrogen) atoms. The summed E-state index contributed by atoms with van der Waals surface area (Å²) in [4.78, 5) is 78.5. The molecule has 0 spiro atoms. The van der Waals surface area contributed by atoms with Crippen molar-refractivity contribution in [3.05, 3.63) is 353 Å². The predicted molar refractivity (Wildman–Crippen MR) is 563 cm³/mol. The second-order valence-corrected chi connectivity index (χ2v) is 40.9. The molecule has 0 bridgehead atoms. The third-order valence-corrected chi connectivity index (χ3v) is 27.0. The number of halogens is 21. The molecule has 14 aromatic rings. The average molecular weight is 2720 g/mol. The van der Waals surface area contributed by atoms with Crippen molar-refractivity contribution in [3.63, 3.8) is 0 Å². The van der Waals surface area contributed by atoms with Crippen LogP contribution in [0.2, 0.25) is 6.32 Å². The van der Waals surface area contributed by atoms with Gasteiger partial charge < -0.3 is 30.9 Å². The zero-order valence-corrected chi connectivity index (χ0v) is 98.1. The first-order chi connectivity index (χ1) is 64.3. The predicted octanol–water partition coefficient (Wildman–Crippen LogP) is 27.5. The number of carbonyl (C=O) groups is 4. The molecule has 0 atom stereocenters. The topological polar surface area (TPSA) is 275 Å². The number of ketones is 1. The van der Waals surface area contributed by atoms with Gasteiger partial charge in [0.1, 0.15) is 11.6 Å². The number of alkyl halides is 7. The van der Waals surface area contributed by atoms with Crippen molar-refractivity contribution in [3.8, 4) is 5.75 Å². The second kappa shape index (κ2) is 72.5. The minimum atomic E-state index is -5.62. The molecule has 12 aromatic carbocycles. The van der Waals surface area contributed by atoms with E-state index in [-0.39, 0.29) is 152 Å². The van der Waals surface area contributed by atoms with Crippen molar-refractivity contribution in [2.24, 2.45) is 0 Å². The van der Waals surface area contributed by atoms with Crippen LogP contribution in [0.3, 0.4) is 0 Å². The van der Waals surface area contributed by atoms with E-state index in [1.54, 1.807) is 116 Å². The number of carbonyl (C=O) groups excluding carboxylic acids is 4. The number of thiol groups is 1. The first-order valence-corrected chi connectivity index (χ1v) is 50.0. The molecule has 1 aliphatic heterocycles. The molecule has 0 aliphatic carbocycles. The van der Waals surface area contributed by atoms with Gasteiger partial charge in [-0.25, -0.2) is 32.1 Å². The van der Waals surface area contributed by atoms with Gasteiger partial charge in [0.25, 0.3) is 6.47 Å². The van der Waals surface area contributed by atoms with E-state index in [9.17, 15) is 76.6 Å². The van der Waals surface area contributed by atoms with E-state index in [2.05, 4.69) is 192 Å². The number of sulfone groups is 1. The van der Waals surface area contributed by atoms with Crippen LogP contribution >= 0.6 is 218 Å². The largest absolute Gasteiger partial charge is 1.00 e. The summed E-state index contributed by atoms with van der Waals surface area (Å²) in [5.41, 5.74) is 3.43. The molecule has 0 unspecified atom stereocenters.